The summed E-state index contributed by atoms with van der Waals surface area (Å²) < 4.78 is 45.6. The summed E-state index contributed by atoms with van der Waals surface area (Å²) in [5.41, 5.74) is -1.26. The van der Waals surface area contributed by atoms with Gasteiger partial charge in [-0.05, 0) is 123 Å². The number of anilines is 2. The molecule has 0 atom stereocenters. The van der Waals surface area contributed by atoms with Gasteiger partial charge >= 0.3 is 12.2 Å². The molecule has 0 aromatic carbocycles. The Morgan fingerprint density at radius 1 is 0.683 bits per heavy atom. The first-order chi connectivity index (χ1) is 28.3. The van der Waals surface area contributed by atoms with Crippen molar-refractivity contribution in [2.45, 2.75) is 116 Å². The number of amides is 2. The van der Waals surface area contributed by atoms with E-state index in [-0.39, 0.29) is 36.2 Å². The Balaban J connectivity index is 0.000000228. The van der Waals surface area contributed by atoms with E-state index in [0.29, 0.717) is 60.9 Å². The van der Waals surface area contributed by atoms with Crippen molar-refractivity contribution in [1.29, 1.82) is 0 Å². The molecule has 0 saturated heterocycles. The first-order valence-corrected chi connectivity index (χ1v) is 20.0. The summed E-state index contributed by atoms with van der Waals surface area (Å²) in [7, 11) is 0. The maximum absolute atomic E-state index is 14.6. The first-order valence-electron chi connectivity index (χ1n) is 20.0. The van der Waals surface area contributed by atoms with Gasteiger partial charge in [-0.25, -0.2) is 18.4 Å². The highest BCUT2D eigenvalue weighted by atomic mass is 19.1. The molecule has 320 valence electrons. The molecule has 2 fully saturated rings. The molecule has 2 amide bonds. The molecule has 2 aliphatic rings. The van der Waals surface area contributed by atoms with Gasteiger partial charge in [0, 0.05) is 43.2 Å². The molecule has 6 rings (SSSR count). The second-order valence-corrected chi connectivity index (χ2v) is 17.0. The molecular formula is C44H54F2N8O6. The van der Waals surface area contributed by atoms with Crippen LogP contribution in [-0.2, 0) is 25.0 Å². The highest BCUT2D eigenvalue weighted by Gasteiger charge is 2.47. The number of hydrogen-bond acceptors (Lipinski definition) is 12. The minimum absolute atomic E-state index is 0.157. The molecule has 0 spiro atoms. The molecule has 60 heavy (non-hydrogen) atoms. The second-order valence-electron chi connectivity index (χ2n) is 17.0. The first kappa shape index (κ1) is 45.2. The van der Waals surface area contributed by atoms with Crippen molar-refractivity contribution < 1.29 is 37.4 Å². The third kappa shape index (κ3) is 11.0. The van der Waals surface area contributed by atoms with Crippen LogP contribution >= 0.6 is 0 Å². The third-order valence-corrected chi connectivity index (χ3v) is 10.1. The SMILES string of the molecule is C=C(OCC)c1ccc(N(CC2(c3ncccc3F)CCC2)C(=O)OC(C)(C)C)nn1.CC(=O)c1ccc(N(CC2(c3ncccc3F)CCC2)C(=O)OC(C)(C)C)nn1. The van der Waals surface area contributed by atoms with Crippen molar-refractivity contribution in [3.63, 3.8) is 0 Å². The summed E-state index contributed by atoms with van der Waals surface area (Å²) in [5, 5.41) is 16.3. The number of carbonyl (C=O) groups excluding carboxylic acids is 3. The van der Waals surface area contributed by atoms with Crippen LogP contribution < -0.4 is 9.80 Å². The largest absolute Gasteiger partial charge is 0.492 e. The number of pyridine rings is 2. The lowest BCUT2D eigenvalue weighted by Crippen LogP contribution is -2.50. The van der Waals surface area contributed by atoms with Crippen LogP contribution in [0.25, 0.3) is 5.76 Å². The Morgan fingerprint density at radius 2 is 1.10 bits per heavy atom. The van der Waals surface area contributed by atoms with E-state index in [1.807, 2.05) is 6.92 Å². The molecule has 16 heteroatoms. The number of Topliss-reactive ketones (excluding diaryl/α,β-unsaturated/α-hetero) is 1. The predicted molar refractivity (Wildman–Crippen MR) is 221 cm³/mol. The Bertz CT molecular complexity index is 2150. The number of halogens is 2. The Labute approximate surface area is 349 Å². The van der Waals surface area contributed by atoms with Crippen molar-refractivity contribution >= 4 is 35.4 Å². The van der Waals surface area contributed by atoms with Crippen LogP contribution in [0.3, 0.4) is 0 Å². The average Bonchev–Trinajstić information content (AvgIpc) is 3.14. The van der Waals surface area contributed by atoms with Crippen LogP contribution in [0.4, 0.5) is 30.0 Å². The average molecular weight is 829 g/mol. The van der Waals surface area contributed by atoms with Gasteiger partial charge in [-0.1, -0.05) is 19.4 Å². The number of nitrogens with zero attached hydrogens (tertiary/aromatic N) is 8. The van der Waals surface area contributed by atoms with Crippen LogP contribution in [0.2, 0.25) is 0 Å². The number of ketones is 1. The van der Waals surface area contributed by atoms with Gasteiger partial charge in [0.25, 0.3) is 0 Å². The fraction of sp³-hybridized carbons (Fsp3) is 0.477. The number of aromatic nitrogens is 6. The molecule has 4 aromatic heterocycles. The lowest BCUT2D eigenvalue weighted by molar-refractivity contribution is 0.0547. The lowest BCUT2D eigenvalue weighted by atomic mass is 9.66. The van der Waals surface area contributed by atoms with Crippen molar-refractivity contribution in [3.05, 3.63) is 102 Å². The topological polar surface area (TPSA) is 163 Å². The van der Waals surface area contributed by atoms with Gasteiger partial charge in [0.15, 0.2) is 17.4 Å². The Morgan fingerprint density at radius 3 is 1.40 bits per heavy atom. The highest BCUT2D eigenvalue weighted by molar-refractivity contribution is 5.92. The van der Waals surface area contributed by atoms with E-state index in [1.165, 1.54) is 34.9 Å². The number of rotatable bonds is 12. The fourth-order valence-electron chi connectivity index (χ4n) is 6.94. The highest BCUT2D eigenvalue weighted by Crippen LogP contribution is 2.46. The van der Waals surface area contributed by atoms with Gasteiger partial charge in [0.1, 0.15) is 40.0 Å². The van der Waals surface area contributed by atoms with Crippen molar-refractivity contribution in [2.75, 3.05) is 29.5 Å². The minimum Gasteiger partial charge on any atom is -0.492 e. The summed E-state index contributed by atoms with van der Waals surface area (Å²) in [5.74, 6) is -0.0396. The number of carbonyl (C=O) groups is 3. The van der Waals surface area contributed by atoms with E-state index in [1.54, 1.807) is 84.3 Å². The maximum atomic E-state index is 14.6. The van der Waals surface area contributed by atoms with E-state index < -0.39 is 40.0 Å². The monoisotopic (exact) mass is 828 g/mol. The molecule has 14 nitrogen and oxygen atoms in total. The van der Waals surface area contributed by atoms with Crippen LogP contribution in [0.15, 0.2) is 67.5 Å². The zero-order valence-electron chi connectivity index (χ0n) is 35.6. The fourth-order valence-corrected chi connectivity index (χ4v) is 6.94. The molecule has 2 aliphatic carbocycles. The summed E-state index contributed by atoms with van der Waals surface area (Å²) in [6.07, 6.45) is 6.61. The molecule has 0 aliphatic heterocycles. The molecule has 2 saturated carbocycles. The van der Waals surface area contributed by atoms with Crippen LogP contribution in [0, 0.1) is 11.6 Å². The Hall–Kier alpha value is -5.93. The molecule has 0 bridgehead atoms. The van der Waals surface area contributed by atoms with Crippen molar-refractivity contribution in [2.24, 2.45) is 0 Å². The second kappa shape index (κ2) is 18.6. The van der Waals surface area contributed by atoms with Crippen LogP contribution in [0.1, 0.15) is 121 Å². The van der Waals surface area contributed by atoms with Gasteiger partial charge in [0.05, 0.1) is 18.0 Å². The molecule has 4 aromatic rings. The zero-order valence-corrected chi connectivity index (χ0v) is 35.6. The van der Waals surface area contributed by atoms with Crippen LogP contribution in [-0.4, -0.2) is 79.2 Å². The smallest absolute Gasteiger partial charge is 0.416 e. The van der Waals surface area contributed by atoms with Crippen LogP contribution in [0.5, 0.6) is 0 Å². The standard InChI is InChI=1S/C23H29FN4O3.C21H25FN4O3/c1-6-30-16(2)18-10-11-19(27-26-18)28(21(29)31-22(3,4)5)15-23(12-8-13-23)20-17(24)9-7-14-25-20;1-14(27)16-8-9-17(25-24-16)26(19(28)29-20(2,3)4)13-21(10-6-11-21)18-15(22)7-5-12-23-18/h7,9-11,14H,2,6,8,12-13,15H2,1,3-5H3;5,7-9,12H,6,10-11,13H2,1-4H3. The normalized spacial score (nSPS) is 15.2. The lowest BCUT2D eigenvalue weighted by Gasteiger charge is -2.44. The summed E-state index contributed by atoms with van der Waals surface area (Å²) in [4.78, 5) is 48.9. The van der Waals surface area contributed by atoms with Gasteiger partial charge in [-0.15, -0.1) is 20.4 Å². The van der Waals surface area contributed by atoms with Gasteiger partial charge in [-0.3, -0.25) is 24.6 Å². The van der Waals surface area contributed by atoms with Gasteiger partial charge < -0.3 is 14.2 Å². The molecule has 0 radical (unpaired) electrons. The molecule has 4 heterocycles. The van der Waals surface area contributed by atoms with Gasteiger partial charge in [0.2, 0.25) is 0 Å². The summed E-state index contributed by atoms with van der Waals surface area (Å²) in [6, 6.07) is 12.3. The minimum atomic E-state index is -0.717. The van der Waals surface area contributed by atoms with E-state index in [0.717, 1.165) is 12.8 Å². The number of ether oxygens (including phenoxy) is 3. The van der Waals surface area contributed by atoms with Crippen molar-refractivity contribution in [1.82, 2.24) is 30.4 Å². The van der Waals surface area contributed by atoms with Gasteiger partial charge in [-0.2, -0.15) is 0 Å². The summed E-state index contributed by atoms with van der Waals surface area (Å²) in [6.45, 7) is 18.6. The van der Waals surface area contributed by atoms with E-state index in [2.05, 4.69) is 36.9 Å². The summed E-state index contributed by atoms with van der Waals surface area (Å²) >= 11 is 0. The quantitative estimate of drug-likeness (QED) is 0.0986. The van der Waals surface area contributed by atoms with E-state index >= 15 is 0 Å². The molecule has 0 N–H and O–H groups in total. The van der Waals surface area contributed by atoms with E-state index in [9.17, 15) is 23.2 Å². The van der Waals surface area contributed by atoms with E-state index in [4.69, 9.17) is 14.2 Å². The predicted octanol–water partition coefficient (Wildman–Crippen LogP) is 8.96. The number of hydrogen-bond donors (Lipinski definition) is 0. The molecular weight excluding hydrogens is 775 g/mol. The third-order valence-electron chi connectivity index (χ3n) is 10.1. The maximum Gasteiger partial charge on any atom is 0.416 e. The Kier molecular flexibility index (Phi) is 14.0. The molecule has 0 unspecified atom stereocenters. The van der Waals surface area contributed by atoms with Crippen molar-refractivity contribution in [3.8, 4) is 0 Å². The zero-order chi connectivity index (χ0) is 43.9.